The molecule has 32 heavy (non-hydrogen) atoms. The molecule has 3 amide bonds. The first-order valence-corrected chi connectivity index (χ1v) is 11.4. The first kappa shape index (κ1) is 24.8. The van der Waals surface area contributed by atoms with Gasteiger partial charge in [0.05, 0.1) is 4.75 Å². The fourth-order valence-electron chi connectivity index (χ4n) is 3.63. The molecule has 0 aliphatic carbocycles. The Morgan fingerprint density at radius 2 is 1.88 bits per heavy atom. The predicted molar refractivity (Wildman–Crippen MR) is 119 cm³/mol. The molecular weight excluding hydrogens is 505 g/mol. The summed E-state index contributed by atoms with van der Waals surface area (Å²) in [5.41, 5.74) is -1.02. The van der Waals surface area contributed by atoms with Gasteiger partial charge in [-0.3, -0.25) is 14.5 Å². The van der Waals surface area contributed by atoms with Crippen LogP contribution >= 0.6 is 46.6 Å². The molecule has 9 nitrogen and oxygen atoms in total. The van der Waals surface area contributed by atoms with E-state index in [4.69, 9.17) is 44.3 Å². The first-order chi connectivity index (χ1) is 14.9. The van der Waals surface area contributed by atoms with Crippen LogP contribution in [-0.4, -0.2) is 61.5 Å². The Labute approximate surface area is 203 Å². The normalized spacial score (nSPS) is 25.9. The van der Waals surface area contributed by atoms with Crippen LogP contribution in [0.1, 0.15) is 19.4 Å². The van der Waals surface area contributed by atoms with Crippen LogP contribution in [0.25, 0.3) is 0 Å². The van der Waals surface area contributed by atoms with Crippen molar-refractivity contribution in [3.05, 3.63) is 35.9 Å². The zero-order valence-electron chi connectivity index (χ0n) is 17.0. The van der Waals surface area contributed by atoms with Gasteiger partial charge in [0.1, 0.15) is 24.6 Å². The molecule has 2 heterocycles. The molecule has 2 fully saturated rings. The van der Waals surface area contributed by atoms with Crippen molar-refractivity contribution in [2.75, 3.05) is 6.61 Å². The van der Waals surface area contributed by atoms with E-state index in [1.807, 2.05) is 6.07 Å². The third kappa shape index (κ3) is 4.59. The molecule has 2 saturated heterocycles. The summed E-state index contributed by atoms with van der Waals surface area (Å²) in [5.74, 6) is -1.39. The zero-order chi connectivity index (χ0) is 23.7. The Morgan fingerprint density at radius 3 is 2.47 bits per heavy atom. The third-order valence-electron chi connectivity index (χ3n) is 5.11. The molecule has 1 aromatic carbocycles. The smallest absolute Gasteiger partial charge is 0.408 e. The molecule has 13 heteroatoms. The Bertz CT molecular complexity index is 913. The maximum atomic E-state index is 13.2. The van der Waals surface area contributed by atoms with Crippen molar-refractivity contribution in [1.82, 2.24) is 15.5 Å². The minimum Gasteiger partial charge on any atom is -0.458 e. The number of hydrogen-bond donors (Lipinski definition) is 2. The van der Waals surface area contributed by atoms with E-state index >= 15 is 0 Å². The highest BCUT2D eigenvalue weighted by Gasteiger charge is 2.74. The number of carbonyl (C=O) groups is 4. The lowest BCUT2D eigenvalue weighted by Crippen LogP contribution is -2.79. The number of hydrogen-bond acceptors (Lipinski definition) is 7. The number of β-lactam (4-membered cyclic amide) rings is 1. The van der Waals surface area contributed by atoms with E-state index in [2.05, 4.69) is 10.6 Å². The zero-order valence-corrected chi connectivity index (χ0v) is 20.1. The second-order valence-corrected chi connectivity index (χ2v) is 11.8. The largest absolute Gasteiger partial charge is 0.458 e. The van der Waals surface area contributed by atoms with Gasteiger partial charge < -0.3 is 20.1 Å². The quantitative estimate of drug-likeness (QED) is 0.243. The lowest BCUT2D eigenvalue weighted by Gasteiger charge is -2.49. The van der Waals surface area contributed by atoms with Crippen molar-refractivity contribution < 1.29 is 28.7 Å². The lowest BCUT2D eigenvalue weighted by atomic mass is 9.88. The van der Waals surface area contributed by atoms with E-state index in [0.29, 0.717) is 6.41 Å². The summed E-state index contributed by atoms with van der Waals surface area (Å²) in [6, 6.07) is 7.98. The summed E-state index contributed by atoms with van der Waals surface area (Å²) < 4.78 is 7.49. The monoisotopic (exact) mass is 523 g/mol. The molecule has 0 saturated carbocycles. The highest BCUT2D eigenvalue weighted by Crippen LogP contribution is 2.56. The molecule has 2 N–H and O–H groups in total. The molecule has 3 atom stereocenters. The first-order valence-electron chi connectivity index (χ1n) is 9.36. The maximum Gasteiger partial charge on any atom is 0.408 e. The highest BCUT2D eigenvalue weighted by atomic mass is 35.6. The number of halogens is 3. The van der Waals surface area contributed by atoms with Gasteiger partial charge in [-0.25, -0.2) is 9.59 Å². The van der Waals surface area contributed by atoms with Crippen molar-refractivity contribution >= 4 is 70.9 Å². The van der Waals surface area contributed by atoms with Gasteiger partial charge in [-0.15, -0.1) is 11.8 Å². The molecule has 174 valence electrons. The number of rotatable bonds is 7. The summed E-state index contributed by atoms with van der Waals surface area (Å²) >= 11 is 17.9. The van der Waals surface area contributed by atoms with Crippen LogP contribution in [0.2, 0.25) is 0 Å². The highest BCUT2D eigenvalue weighted by molar-refractivity contribution is 8.01. The average molecular weight is 525 g/mol. The lowest BCUT2D eigenvalue weighted by molar-refractivity contribution is -0.179. The van der Waals surface area contributed by atoms with Gasteiger partial charge >= 0.3 is 12.1 Å². The van der Waals surface area contributed by atoms with Gasteiger partial charge in [0.2, 0.25) is 15.9 Å². The summed E-state index contributed by atoms with van der Waals surface area (Å²) in [5, 5.41) is 4.25. The number of ether oxygens (including phenoxy) is 2. The minimum absolute atomic E-state index is 0.0412. The number of alkyl carbamates (subject to hydrolysis) is 1. The van der Waals surface area contributed by atoms with E-state index < -0.39 is 50.2 Å². The summed E-state index contributed by atoms with van der Waals surface area (Å²) in [7, 11) is 0. The van der Waals surface area contributed by atoms with E-state index in [-0.39, 0.29) is 6.61 Å². The van der Waals surface area contributed by atoms with E-state index in [0.717, 1.165) is 5.56 Å². The average Bonchev–Trinajstić information content (AvgIpc) is 2.94. The number of carbonyl (C=O) groups excluding carboxylic acids is 4. The molecular formula is C19H20Cl3N3O6S. The molecule has 2 aliphatic rings. The number of fused-ring (bicyclic) bond motifs is 1. The molecule has 0 aromatic heterocycles. The number of nitrogens with one attached hydrogen (secondary N) is 2. The predicted octanol–water partition coefficient (Wildman–Crippen LogP) is 2.33. The molecule has 3 rings (SSSR count). The van der Waals surface area contributed by atoms with E-state index in [1.165, 1.54) is 16.7 Å². The van der Waals surface area contributed by atoms with Crippen molar-refractivity contribution in [3.8, 4) is 0 Å². The number of esters is 1. The second-order valence-electron chi connectivity index (χ2n) is 7.57. The van der Waals surface area contributed by atoms with Gasteiger partial charge in [0.25, 0.3) is 5.91 Å². The van der Waals surface area contributed by atoms with Crippen LogP contribution < -0.4 is 10.6 Å². The molecule has 2 aliphatic heterocycles. The van der Waals surface area contributed by atoms with Crippen LogP contribution in [0.4, 0.5) is 4.79 Å². The van der Waals surface area contributed by atoms with Crippen LogP contribution in [0.3, 0.4) is 0 Å². The van der Waals surface area contributed by atoms with Gasteiger partial charge in [-0.1, -0.05) is 65.1 Å². The Balaban J connectivity index is 1.76. The minimum atomic E-state index is -1.80. The molecule has 0 spiro atoms. The Hall–Kier alpha value is -1.88. The number of benzene rings is 1. The number of alkyl halides is 3. The van der Waals surface area contributed by atoms with Crippen LogP contribution in [-0.2, 0) is 30.5 Å². The van der Waals surface area contributed by atoms with Crippen LogP contribution in [0, 0.1) is 0 Å². The number of amides is 3. The fraction of sp³-hybridized carbons (Fsp3) is 0.474. The van der Waals surface area contributed by atoms with Crippen molar-refractivity contribution in [2.45, 2.75) is 46.1 Å². The Morgan fingerprint density at radius 1 is 1.22 bits per heavy atom. The molecule has 0 unspecified atom stereocenters. The van der Waals surface area contributed by atoms with Gasteiger partial charge in [0, 0.05) is 0 Å². The van der Waals surface area contributed by atoms with Crippen LogP contribution in [0.5, 0.6) is 0 Å². The Kier molecular flexibility index (Phi) is 7.09. The van der Waals surface area contributed by atoms with Gasteiger partial charge in [0.15, 0.2) is 0 Å². The molecule has 1 aromatic rings. The topological polar surface area (TPSA) is 114 Å². The molecule has 0 radical (unpaired) electrons. The van der Waals surface area contributed by atoms with Crippen molar-refractivity contribution in [3.63, 3.8) is 0 Å². The molecule has 0 bridgehead atoms. The number of nitrogens with zero attached hydrogens (tertiary/aromatic N) is 1. The van der Waals surface area contributed by atoms with E-state index in [9.17, 15) is 19.2 Å². The summed E-state index contributed by atoms with van der Waals surface area (Å²) in [6.07, 6.45) is -0.613. The third-order valence-corrected chi connectivity index (χ3v) is 7.04. The summed E-state index contributed by atoms with van der Waals surface area (Å²) in [6.45, 7) is 2.84. The van der Waals surface area contributed by atoms with Crippen molar-refractivity contribution in [2.24, 2.45) is 0 Å². The fourth-order valence-corrected chi connectivity index (χ4v) is 5.49. The second kappa shape index (κ2) is 9.17. The standard InChI is InChI=1S/C19H20Cl3N3O6S/c1-17(2)19(23-10-26,15(28)30-8-11-6-4-3-5-7-11)25-13(27)12(14(25)32-17)24-16(29)31-9-18(20,21)22/h3-7,10,12,14H,8-9H2,1-2H3,(H,23,26)(H,24,29)/t12-,14+,19-/m0/s1. The SMILES string of the molecule is CC1(C)S[C@@H]2[C@@H](NC(=O)OCC(Cl)(Cl)Cl)C(=O)N2[C@@]1(NC=O)C(=O)OCc1ccccc1. The summed E-state index contributed by atoms with van der Waals surface area (Å²) in [4.78, 5) is 50.8. The maximum absolute atomic E-state index is 13.2. The van der Waals surface area contributed by atoms with E-state index in [1.54, 1.807) is 38.1 Å². The van der Waals surface area contributed by atoms with Gasteiger partial charge in [-0.2, -0.15) is 0 Å². The van der Waals surface area contributed by atoms with Crippen LogP contribution in [0.15, 0.2) is 30.3 Å². The van der Waals surface area contributed by atoms with Crippen molar-refractivity contribution in [1.29, 1.82) is 0 Å². The van der Waals surface area contributed by atoms with Gasteiger partial charge in [-0.05, 0) is 19.4 Å². The number of thioether (sulfide) groups is 1.